The van der Waals surface area contributed by atoms with Crippen LogP contribution in [0.15, 0.2) is 24.3 Å². The van der Waals surface area contributed by atoms with E-state index in [0.717, 1.165) is 0 Å². The third-order valence-corrected chi connectivity index (χ3v) is 2.43. The third kappa shape index (κ3) is 5.38. The van der Waals surface area contributed by atoms with Crippen molar-refractivity contribution in [3.05, 3.63) is 24.3 Å². The van der Waals surface area contributed by atoms with E-state index in [-0.39, 0.29) is 12.5 Å². The standard InChI is InChI=1S/C13H17N3O4/c1-8(12(18)19)7-14-13(20)16-11-5-3-4-10(6-11)15-9(2)17/h3-6,8H,7H2,1-2H3,(H,15,17)(H,18,19)(H2,14,16,20). The lowest BCUT2D eigenvalue weighted by molar-refractivity contribution is -0.140. The second-order valence-electron chi connectivity index (χ2n) is 4.34. The number of anilines is 2. The van der Waals surface area contributed by atoms with Crippen molar-refractivity contribution in [2.24, 2.45) is 5.92 Å². The molecule has 4 N–H and O–H groups in total. The molecule has 1 aromatic carbocycles. The molecule has 1 rings (SSSR count). The van der Waals surface area contributed by atoms with Crippen LogP contribution in [-0.4, -0.2) is 29.6 Å². The predicted molar refractivity (Wildman–Crippen MR) is 74.6 cm³/mol. The number of carbonyl (C=O) groups excluding carboxylic acids is 2. The summed E-state index contributed by atoms with van der Waals surface area (Å²) in [5.74, 6) is -1.84. The SMILES string of the molecule is CC(=O)Nc1cccc(NC(=O)NCC(C)C(=O)O)c1. The highest BCUT2D eigenvalue weighted by Gasteiger charge is 2.12. The summed E-state index contributed by atoms with van der Waals surface area (Å²) in [7, 11) is 0. The first-order chi connectivity index (χ1) is 9.38. The van der Waals surface area contributed by atoms with Crippen molar-refractivity contribution in [3.8, 4) is 0 Å². The zero-order valence-electron chi connectivity index (χ0n) is 11.3. The van der Waals surface area contributed by atoms with Crippen molar-refractivity contribution in [1.29, 1.82) is 0 Å². The molecule has 1 unspecified atom stereocenters. The molecule has 0 aliphatic carbocycles. The number of aliphatic carboxylic acids is 1. The van der Waals surface area contributed by atoms with Crippen LogP contribution in [0.4, 0.5) is 16.2 Å². The van der Waals surface area contributed by atoms with Gasteiger partial charge in [0.05, 0.1) is 5.92 Å². The smallest absolute Gasteiger partial charge is 0.319 e. The van der Waals surface area contributed by atoms with Crippen molar-refractivity contribution in [2.75, 3.05) is 17.2 Å². The van der Waals surface area contributed by atoms with Crippen LogP contribution in [0.2, 0.25) is 0 Å². The topological polar surface area (TPSA) is 108 Å². The molecule has 0 aliphatic heterocycles. The first kappa shape index (κ1) is 15.5. The lowest BCUT2D eigenvalue weighted by Crippen LogP contribution is -2.34. The predicted octanol–water partition coefficient (Wildman–Crippen LogP) is 1.49. The van der Waals surface area contributed by atoms with Gasteiger partial charge in [-0.25, -0.2) is 4.79 Å². The summed E-state index contributed by atoms with van der Waals surface area (Å²) >= 11 is 0. The Morgan fingerprint density at radius 3 is 2.35 bits per heavy atom. The maximum Gasteiger partial charge on any atom is 0.319 e. The highest BCUT2D eigenvalue weighted by molar-refractivity contribution is 5.92. The lowest BCUT2D eigenvalue weighted by Gasteiger charge is -2.11. The van der Waals surface area contributed by atoms with Gasteiger partial charge in [0.15, 0.2) is 0 Å². The van der Waals surface area contributed by atoms with Crippen molar-refractivity contribution in [2.45, 2.75) is 13.8 Å². The van der Waals surface area contributed by atoms with Gasteiger partial charge in [-0.15, -0.1) is 0 Å². The largest absolute Gasteiger partial charge is 0.481 e. The van der Waals surface area contributed by atoms with Crippen LogP contribution in [0.1, 0.15) is 13.8 Å². The van der Waals surface area contributed by atoms with E-state index in [1.54, 1.807) is 24.3 Å². The normalized spacial score (nSPS) is 11.3. The van der Waals surface area contributed by atoms with Gasteiger partial charge in [-0.3, -0.25) is 9.59 Å². The maximum absolute atomic E-state index is 11.6. The molecule has 1 atom stereocenters. The van der Waals surface area contributed by atoms with Crippen LogP contribution < -0.4 is 16.0 Å². The fourth-order valence-corrected chi connectivity index (χ4v) is 1.39. The molecule has 108 valence electrons. The van der Waals surface area contributed by atoms with E-state index in [0.29, 0.717) is 11.4 Å². The van der Waals surface area contributed by atoms with Crippen LogP contribution in [0.25, 0.3) is 0 Å². The lowest BCUT2D eigenvalue weighted by atomic mass is 10.2. The number of amides is 3. The molecule has 0 saturated carbocycles. The second kappa shape index (κ2) is 7.13. The van der Waals surface area contributed by atoms with E-state index in [4.69, 9.17) is 5.11 Å². The molecule has 0 bridgehead atoms. The number of carboxylic acid groups (broad SMARTS) is 1. The average Bonchev–Trinajstić information content (AvgIpc) is 2.35. The monoisotopic (exact) mass is 279 g/mol. The third-order valence-electron chi connectivity index (χ3n) is 2.43. The highest BCUT2D eigenvalue weighted by atomic mass is 16.4. The molecular formula is C13H17N3O4. The summed E-state index contributed by atoms with van der Waals surface area (Å²) in [6.07, 6.45) is 0. The van der Waals surface area contributed by atoms with E-state index in [1.807, 2.05) is 0 Å². The number of nitrogens with one attached hydrogen (secondary N) is 3. The van der Waals surface area contributed by atoms with E-state index in [1.165, 1.54) is 13.8 Å². The number of carboxylic acids is 1. The van der Waals surface area contributed by atoms with Gasteiger partial charge in [0, 0.05) is 24.8 Å². The van der Waals surface area contributed by atoms with Crippen molar-refractivity contribution in [3.63, 3.8) is 0 Å². The van der Waals surface area contributed by atoms with Crippen LogP contribution in [-0.2, 0) is 9.59 Å². The molecule has 7 heteroatoms. The van der Waals surface area contributed by atoms with Crippen LogP contribution in [0, 0.1) is 5.92 Å². The first-order valence-electron chi connectivity index (χ1n) is 6.04. The van der Waals surface area contributed by atoms with Crippen LogP contribution >= 0.6 is 0 Å². The molecule has 20 heavy (non-hydrogen) atoms. The molecule has 7 nitrogen and oxygen atoms in total. The zero-order chi connectivity index (χ0) is 15.1. The molecule has 0 aromatic heterocycles. The van der Waals surface area contributed by atoms with E-state index >= 15 is 0 Å². The Labute approximate surface area is 116 Å². The van der Waals surface area contributed by atoms with Gasteiger partial charge >= 0.3 is 12.0 Å². The quantitative estimate of drug-likeness (QED) is 0.654. The molecule has 0 heterocycles. The maximum atomic E-state index is 11.6. The molecule has 0 radical (unpaired) electrons. The molecular weight excluding hydrogens is 262 g/mol. The Bertz CT molecular complexity index is 516. The summed E-state index contributed by atoms with van der Waals surface area (Å²) in [6, 6.07) is 6.13. The molecule has 0 spiro atoms. The Kier molecular flexibility index (Phi) is 5.52. The average molecular weight is 279 g/mol. The minimum absolute atomic E-state index is 0.0343. The first-order valence-corrected chi connectivity index (χ1v) is 6.04. The van der Waals surface area contributed by atoms with E-state index < -0.39 is 17.9 Å². The van der Waals surface area contributed by atoms with Gasteiger partial charge < -0.3 is 21.1 Å². The Balaban J connectivity index is 2.53. The number of urea groups is 1. The zero-order valence-corrected chi connectivity index (χ0v) is 11.3. The number of hydrogen-bond donors (Lipinski definition) is 4. The van der Waals surface area contributed by atoms with Gasteiger partial charge in [0.2, 0.25) is 5.91 Å². The summed E-state index contributed by atoms with van der Waals surface area (Å²) in [5.41, 5.74) is 1.06. The Morgan fingerprint density at radius 1 is 1.20 bits per heavy atom. The number of hydrogen-bond acceptors (Lipinski definition) is 3. The van der Waals surface area contributed by atoms with Gasteiger partial charge in [-0.2, -0.15) is 0 Å². The summed E-state index contributed by atoms with van der Waals surface area (Å²) in [4.78, 5) is 33.1. The molecule has 0 aliphatic rings. The van der Waals surface area contributed by atoms with Crippen LogP contribution in [0.3, 0.4) is 0 Å². The van der Waals surface area contributed by atoms with Crippen molar-refractivity contribution >= 4 is 29.3 Å². The fourth-order valence-electron chi connectivity index (χ4n) is 1.39. The fraction of sp³-hybridized carbons (Fsp3) is 0.308. The molecule has 1 aromatic rings. The van der Waals surface area contributed by atoms with Crippen LogP contribution in [0.5, 0.6) is 0 Å². The summed E-state index contributed by atoms with van der Waals surface area (Å²) in [5, 5.41) is 16.3. The van der Waals surface area contributed by atoms with Gasteiger partial charge in [-0.1, -0.05) is 13.0 Å². The second-order valence-corrected chi connectivity index (χ2v) is 4.34. The van der Waals surface area contributed by atoms with E-state index in [9.17, 15) is 14.4 Å². The minimum atomic E-state index is -0.974. The van der Waals surface area contributed by atoms with Gasteiger partial charge in [-0.05, 0) is 18.2 Å². The number of carbonyl (C=O) groups is 3. The van der Waals surface area contributed by atoms with Gasteiger partial charge in [0.1, 0.15) is 0 Å². The van der Waals surface area contributed by atoms with Gasteiger partial charge in [0.25, 0.3) is 0 Å². The Hall–Kier alpha value is -2.57. The summed E-state index contributed by atoms with van der Waals surface area (Å²) < 4.78 is 0. The van der Waals surface area contributed by atoms with Crippen molar-refractivity contribution < 1.29 is 19.5 Å². The molecule has 3 amide bonds. The molecule has 0 saturated heterocycles. The van der Waals surface area contributed by atoms with E-state index in [2.05, 4.69) is 16.0 Å². The number of benzene rings is 1. The highest BCUT2D eigenvalue weighted by Crippen LogP contribution is 2.14. The van der Waals surface area contributed by atoms with Crippen molar-refractivity contribution in [1.82, 2.24) is 5.32 Å². The number of rotatable bonds is 5. The Morgan fingerprint density at radius 2 is 1.80 bits per heavy atom. The summed E-state index contributed by atoms with van der Waals surface area (Å²) in [6.45, 7) is 2.92. The minimum Gasteiger partial charge on any atom is -0.481 e. The molecule has 0 fully saturated rings.